The lowest BCUT2D eigenvalue weighted by atomic mass is 9.34. The second-order valence-electron chi connectivity index (χ2n) is 20.5. The second-order valence-corrected chi connectivity index (χ2v) is 20.5. The first-order valence-corrected chi connectivity index (χ1v) is 22.2. The molecule has 7 aromatic carbocycles. The largest absolute Gasteiger partial charge is 0.310 e. The minimum Gasteiger partial charge on any atom is -0.310 e. The van der Waals surface area contributed by atoms with Crippen molar-refractivity contribution in [2.75, 3.05) is 4.90 Å². The maximum Gasteiger partial charge on any atom is 0.0540 e. The van der Waals surface area contributed by atoms with Crippen LogP contribution in [0.5, 0.6) is 0 Å². The summed E-state index contributed by atoms with van der Waals surface area (Å²) in [5.41, 5.74) is 15.7. The summed E-state index contributed by atoms with van der Waals surface area (Å²) < 4.78 is 0. The van der Waals surface area contributed by atoms with E-state index in [2.05, 4.69) is 211 Å². The predicted molar refractivity (Wildman–Crippen MR) is 252 cm³/mol. The molecule has 3 aliphatic rings. The van der Waals surface area contributed by atoms with E-state index in [1.54, 1.807) is 5.56 Å². The zero-order valence-electron chi connectivity index (χ0n) is 36.1. The molecule has 0 aliphatic heterocycles. The fraction of sp³-hybridized carbons (Fsp3) is 0.310. The van der Waals surface area contributed by atoms with Crippen molar-refractivity contribution in [3.8, 4) is 33.4 Å². The number of rotatable bonds is 7. The van der Waals surface area contributed by atoms with Crippen LogP contribution < -0.4 is 4.90 Å². The minimum absolute atomic E-state index is 0.0159. The van der Waals surface area contributed by atoms with Crippen LogP contribution >= 0.6 is 0 Å². The van der Waals surface area contributed by atoms with Crippen LogP contribution in [0, 0.1) is 23.7 Å². The molecule has 0 amide bonds. The van der Waals surface area contributed by atoms with Gasteiger partial charge >= 0.3 is 0 Å². The third-order valence-corrected chi connectivity index (χ3v) is 14.5. The summed E-state index contributed by atoms with van der Waals surface area (Å²) in [5, 5.41) is 2.83. The number of nitrogens with zero attached hydrogens (tertiary/aromatic N) is 1. The van der Waals surface area contributed by atoms with Gasteiger partial charge in [-0.3, -0.25) is 0 Å². The van der Waals surface area contributed by atoms with Crippen molar-refractivity contribution in [1.82, 2.24) is 0 Å². The number of benzene rings is 7. The normalized spacial score (nSPS) is 22.3. The highest BCUT2D eigenvalue weighted by molar-refractivity contribution is 6.04. The van der Waals surface area contributed by atoms with E-state index in [-0.39, 0.29) is 10.8 Å². The first-order valence-electron chi connectivity index (χ1n) is 22.2. The Morgan fingerprint density at radius 3 is 1.68 bits per heavy atom. The van der Waals surface area contributed by atoms with Gasteiger partial charge in [0.05, 0.1) is 5.69 Å². The van der Waals surface area contributed by atoms with Crippen LogP contribution in [0.1, 0.15) is 90.8 Å². The van der Waals surface area contributed by atoms with E-state index in [1.165, 1.54) is 92.3 Å². The highest BCUT2D eigenvalue weighted by Gasteiger charge is 2.65. The standard InChI is InChI=1S/C58H59N/c1-38-31-44-32-45-37-58(36-38,55(44)45)52-21-14-18-43-17-13-20-51(54(43)52)50-19-11-12-22-53(50)59(49-34-46(56(2,3)4)33-47(35-49)57(5,6)7)48-29-27-42(28-30-48)41-25-23-40(24-26-41)39-15-9-8-10-16-39/h8-30,33-35,38,44-45,55H,31-32,36-37H2,1-7H3. The summed E-state index contributed by atoms with van der Waals surface area (Å²) >= 11 is 0. The molecule has 0 heterocycles. The summed E-state index contributed by atoms with van der Waals surface area (Å²) in [6, 6.07) is 59.8. The van der Waals surface area contributed by atoms with Crippen molar-refractivity contribution in [2.45, 2.75) is 90.4 Å². The third kappa shape index (κ3) is 6.53. The van der Waals surface area contributed by atoms with Crippen LogP contribution in [0.4, 0.5) is 17.1 Å². The molecule has 0 bridgehead atoms. The van der Waals surface area contributed by atoms with Gasteiger partial charge in [0.25, 0.3) is 0 Å². The Labute approximate surface area is 353 Å². The fourth-order valence-electron chi connectivity index (χ4n) is 11.7. The molecule has 0 aromatic heterocycles. The molecule has 5 atom stereocenters. The highest BCUT2D eigenvalue weighted by Crippen LogP contribution is 2.72. The SMILES string of the molecule is CC1CC2CC3CC(c4cccc5cccc(-c6ccccc6N(c6ccc(-c7ccc(-c8ccccc8)cc7)cc6)c6cc(C(C)(C)C)cc(C(C)(C)C)c6)c45)(C1)C23. The smallest absolute Gasteiger partial charge is 0.0540 e. The van der Waals surface area contributed by atoms with Crippen molar-refractivity contribution in [2.24, 2.45) is 23.7 Å². The maximum atomic E-state index is 2.55. The van der Waals surface area contributed by atoms with Crippen LogP contribution in [0.25, 0.3) is 44.2 Å². The molecular formula is C58H59N. The summed E-state index contributed by atoms with van der Waals surface area (Å²) in [4.78, 5) is 2.55. The van der Waals surface area contributed by atoms with Crippen LogP contribution in [-0.4, -0.2) is 0 Å². The Bertz CT molecular complexity index is 2620. The van der Waals surface area contributed by atoms with Gasteiger partial charge in [0.1, 0.15) is 0 Å². The lowest BCUT2D eigenvalue weighted by Gasteiger charge is -2.70. The lowest BCUT2D eigenvalue weighted by Crippen LogP contribution is -2.65. The van der Waals surface area contributed by atoms with Gasteiger partial charge in [-0.25, -0.2) is 0 Å². The van der Waals surface area contributed by atoms with Crippen molar-refractivity contribution in [3.63, 3.8) is 0 Å². The van der Waals surface area contributed by atoms with Gasteiger partial charge in [0, 0.05) is 16.9 Å². The van der Waals surface area contributed by atoms with Crippen LogP contribution in [0.2, 0.25) is 0 Å². The average Bonchev–Trinajstić information content (AvgIpc) is 3.22. The van der Waals surface area contributed by atoms with Gasteiger partial charge in [-0.15, -0.1) is 0 Å². The van der Waals surface area contributed by atoms with Gasteiger partial charge in [-0.2, -0.15) is 0 Å². The van der Waals surface area contributed by atoms with Crippen molar-refractivity contribution >= 4 is 27.8 Å². The quantitative estimate of drug-likeness (QED) is 0.156. The first kappa shape index (κ1) is 37.8. The molecule has 59 heavy (non-hydrogen) atoms. The maximum absolute atomic E-state index is 2.55. The lowest BCUT2D eigenvalue weighted by molar-refractivity contribution is -0.158. The van der Waals surface area contributed by atoms with E-state index < -0.39 is 0 Å². The number of fused-ring (bicyclic) bond motifs is 1. The molecule has 0 N–H and O–H groups in total. The monoisotopic (exact) mass is 769 g/mol. The number of hydrogen-bond donors (Lipinski definition) is 0. The molecule has 1 nitrogen and oxygen atoms in total. The third-order valence-electron chi connectivity index (χ3n) is 14.5. The molecule has 0 spiro atoms. The van der Waals surface area contributed by atoms with E-state index in [4.69, 9.17) is 0 Å². The molecule has 0 radical (unpaired) electrons. The molecule has 1 heteroatoms. The Hall–Kier alpha value is -5.40. The zero-order chi connectivity index (χ0) is 40.7. The van der Waals surface area contributed by atoms with Crippen molar-refractivity contribution in [3.05, 3.63) is 174 Å². The van der Waals surface area contributed by atoms with Crippen molar-refractivity contribution in [1.29, 1.82) is 0 Å². The topological polar surface area (TPSA) is 3.24 Å². The van der Waals surface area contributed by atoms with Crippen LogP contribution in [0.3, 0.4) is 0 Å². The Morgan fingerprint density at radius 2 is 1.05 bits per heavy atom. The van der Waals surface area contributed by atoms with E-state index in [0.717, 1.165) is 29.4 Å². The van der Waals surface area contributed by atoms with Gasteiger partial charge < -0.3 is 4.90 Å². The molecule has 10 rings (SSSR count). The summed E-state index contributed by atoms with van der Waals surface area (Å²) in [5.74, 6) is 3.46. The molecule has 296 valence electrons. The zero-order valence-corrected chi connectivity index (χ0v) is 36.1. The van der Waals surface area contributed by atoms with E-state index in [9.17, 15) is 0 Å². The summed E-state index contributed by atoms with van der Waals surface area (Å²) in [7, 11) is 0. The van der Waals surface area contributed by atoms with Gasteiger partial charge in [0.2, 0.25) is 0 Å². The summed E-state index contributed by atoms with van der Waals surface area (Å²) in [6.45, 7) is 16.6. The van der Waals surface area contributed by atoms with Crippen LogP contribution in [-0.2, 0) is 16.2 Å². The Morgan fingerprint density at radius 1 is 0.492 bits per heavy atom. The average molecular weight is 770 g/mol. The predicted octanol–water partition coefficient (Wildman–Crippen LogP) is 16.2. The molecule has 5 unspecified atom stereocenters. The molecule has 3 fully saturated rings. The number of hydrogen-bond acceptors (Lipinski definition) is 1. The molecular weight excluding hydrogens is 711 g/mol. The highest BCUT2D eigenvalue weighted by atomic mass is 15.1. The minimum atomic E-state index is -0.0159. The van der Waals surface area contributed by atoms with E-state index in [0.29, 0.717) is 5.41 Å². The first-order chi connectivity index (χ1) is 28.4. The summed E-state index contributed by atoms with van der Waals surface area (Å²) in [6.07, 6.45) is 5.55. The van der Waals surface area contributed by atoms with E-state index in [1.807, 2.05) is 0 Å². The Balaban J connectivity index is 1.14. The number of para-hydroxylation sites is 1. The molecule has 3 saturated carbocycles. The van der Waals surface area contributed by atoms with Gasteiger partial charge in [0.15, 0.2) is 0 Å². The molecule has 7 aromatic rings. The second kappa shape index (κ2) is 14.1. The van der Waals surface area contributed by atoms with Crippen molar-refractivity contribution < 1.29 is 0 Å². The van der Waals surface area contributed by atoms with E-state index >= 15 is 0 Å². The van der Waals surface area contributed by atoms with Crippen LogP contribution in [0.15, 0.2) is 158 Å². The fourth-order valence-corrected chi connectivity index (χ4v) is 11.7. The Kier molecular flexibility index (Phi) is 9.06. The molecule has 3 aliphatic carbocycles. The molecule has 0 saturated heterocycles. The van der Waals surface area contributed by atoms with Gasteiger partial charge in [-0.05, 0) is 151 Å². The number of anilines is 3. The van der Waals surface area contributed by atoms with Gasteiger partial charge in [-0.1, -0.05) is 176 Å².